The Morgan fingerprint density at radius 2 is 1.20 bits per heavy atom. The molecule has 0 saturated heterocycles. The molecule has 0 heterocycles. The Bertz CT molecular complexity index is 9.61. The summed E-state index contributed by atoms with van der Waals surface area (Å²) < 4.78 is 0. The Kier molecular flexibility index (Phi) is 53.5. The van der Waals surface area contributed by atoms with Crippen LogP contribution >= 0.6 is 0 Å². The first-order valence-electron chi connectivity index (χ1n) is 0.632. The topological polar surface area (TPSA) is 40.5 Å². The molecule has 0 aliphatic carbocycles. The van der Waals surface area contributed by atoms with Gasteiger partial charge in [0.1, 0.15) is 0 Å². The molecule has 0 spiro atoms. The second-order valence-electron chi connectivity index (χ2n) is 0.141. The normalized spacial score (nSPS) is 2.80. The maximum Gasteiger partial charge on any atom is 0.432 e. The van der Waals surface area contributed by atoms with Gasteiger partial charge in [0.2, 0.25) is 0 Å². The van der Waals surface area contributed by atoms with Crippen molar-refractivity contribution < 1.29 is 68.0 Å². The molecule has 0 fully saturated rings. The van der Waals surface area contributed by atoms with Crippen LogP contribution in [0, 0.1) is 40.8 Å². The SMILES string of the molecule is OBO.[Fe].[Nd]. The molecule has 2 N–H and O–H groups in total. The Balaban J connectivity index is -0.0000000200. The zero-order chi connectivity index (χ0) is 2.71. The smallest absolute Gasteiger partial charge is 0.430 e. The van der Waals surface area contributed by atoms with Crippen LogP contribution in [0.3, 0.4) is 0 Å². The van der Waals surface area contributed by atoms with Crippen molar-refractivity contribution in [1.82, 2.24) is 0 Å². The van der Waals surface area contributed by atoms with Crippen molar-refractivity contribution in [3.63, 3.8) is 0 Å². The van der Waals surface area contributed by atoms with Gasteiger partial charge in [-0.25, -0.2) is 0 Å². The van der Waals surface area contributed by atoms with Crippen LogP contribution < -0.4 is 0 Å². The van der Waals surface area contributed by atoms with E-state index in [1.807, 2.05) is 0 Å². The summed E-state index contributed by atoms with van der Waals surface area (Å²) in [6.07, 6.45) is 0. The summed E-state index contributed by atoms with van der Waals surface area (Å²) in [5.74, 6) is 0. The van der Waals surface area contributed by atoms with E-state index in [9.17, 15) is 0 Å². The third-order valence-corrected chi connectivity index (χ3v) is 0. The molecule has 0 aliphatic heterocycles. The Hall–Kier alpha value is 1.86. The van der Waals surface area contributed by atoms with Crippen molar-refractivity contribution in [2.45, 2.75) is 0 Å². The van der Waals surface area contributed by atoms with Crippen molar-refractivity contribution in [1.29, 1.82) is 0 Å². The van der Waals surface area contributed by atoms with Gasteiger partial charge in [0.25, 0.3) is 0 Å². The third-order valence-electron chi connectivity index (χ3n) is 0. The van der Waals surface area contributed by atoms with Gasteiger partial charge >= 0.3 is 7.69 Å². The number of hydrogen-bond donors (Lipinski definition) is 2. The first-order valence-corrected chi connectivity index (χ1v) is 0.632. The van der Waals surface area contributed by atoms with Gasteiger partial charge in [-0.05, 0) is 0 Å². The fraction of sp³-hybridized carbons (Fsp3) is 0. The monoisotopic (exact) mass is 244 g/mol. The Labute approximate surface area is 74.6 Å². The molecule has 0 saturated carbocycles. The molecule has 0 aliphatic rings. The van der Waals surface area contributed by atoms with Crippen LogP contribution in [-0.4, -0.2) is 17.7 Å². The van der Waals surface area contributed by atoms with Crippen LogP contribution in [0.1, 0.15) is 0 Å². The molecule has 0 amide bonds. The van der Waals surface area contributed by atoms with Gasteiger partial charge in [0, 0.05) is 57.9 Å². The summed E-state index contributed by atoms with van der Waals surface area (Å²) in [7, 11) is -0.750. The van der Waals surface area contributed by atoms with Crippen molar-refractivity contribution in [3.05, 3.63) is 0 Å². The molecule has 0 radical (unpaired) electrons. The predicted octanol–water partition coefficient (Wildman–Crippen LogP) is -1.77. The van der Waals surface area contributed by atoms with E-state index in [4.69, 9.17) is 10.0 Å². The second-order valence-corrected chi connectivity index (χ2v) is 0.141. The zero-order valence-corrected chi connectivity index (χ0v) is 6.77. The Morgan fingerprint density at radius 1 is 1.20 bits per heavy atom. The summed E-state index contributed by atoms with van der Waals surface area (Å²) >= 11 is 0. The molecule has 0 atom stereocenters. The molecule has 0 bridgehead atoms. The van der Waals surface area contributed by atoms with E-state index in [0.717, 1.165) is 0 Å². The van der Waals surface area contributed by atoms with Crippen LogP contribution in [0.25, 0.3) is 0 Å². The van der Waals surface area contributed by atoms with Gasteiger partial charge in [-0.1, -0.05) is 0 Å². The fourth-order valence-corrected chi connectivity index (χ4v) is 0. The maximum atomic E-state index is 7.12. The van der Waals surface area contributed by atoms with Crippen LogP contribution in [0.5, 0.6) is 0 Å². The molecular weight excluding hydrogens is 243 g/mol. The van der Waals surface area contributed by atoms with Crippen LogP contribution in [0.15, 0.2) is 0 Å². The zero-order valence-electron chi connectivity index (χ0n) is 2.46. The minimum absolute atomic E-state index is 0. The Morgan fingerprint density at radius 3 is 1.20 bits per heavy atom. The third kappa shape index (κ3) is 25.3. The summed E-state index contributed by atoms with van der Waals surface area (Å²) in [6, 6.07) is 0. The first-order chi connectivity index (χ1) is 1.41. The minimum atomic E-state index is -0.750. The summed E-state index contributed by atoms with van der Waals surface area (Å²) in [5, 5.41) is 14.2. The molecule has 0 rings (SSSR count). The van der Waals surface area contributed by atoms with E-state index in [-0.39, 0.29) is 57.9 Å². The van der Waals surface area contributed by atoms with Crippen LogP contribution in [0.2, 0.25) is 0 Å². The van der Waals surface area contributed by atoms with E-state index in [1.165, 1.54) is 0 Å². The van der Waals surface area contributed by atoms with E-state index in [2.05, 4.69) is 0 Å². The van der Waals surface area contributed by atoms with Gasteiger partial charge in [-0.15, -0.1) is 0 Å². The average Bonchev–Trinajstić information content (AvgIpc) is 0.918. The maximum absolute atomic E-state index is 7.12. The molecule has 0 aromatic rings. The molecule has 0 aromatic carbocycles. The summed E-state index contributed by atoms with van der Waals surface area (Å²) in [6.45, 7) is 0. The molecular formula is H3BFeNdO2. The average molecular weight is 246 g/mol. The van der Waals surface area contributed by atoms with Crippen LogP contribution in [-0.2, 0) is 17.1 Å². The predicted molar refractivity (Wildman–Crippen MR) is 11.6 cm³/mol. The summed E-state index contributed by atoms with van der Waals surface area (Å²) in [4.78, 5) is 0. The number of rotatable bonds is 0. The van der Waals surface area contributed by atoms with Crippen molar-refractivity contribution in [2.75, 3.05) is 0 Å². The second kappa shape index (κ2) is 16.9. The van der Waals surface area contributed by atoms with E-state index in [0.29, 0.717) is 0 Å². The van der Waals surface area contributed by atoms with Gasteiger partial charge in [-0.3, -0.25) is 0 Å². The molecule has 2 nitrogen and oxygen atoms in total. The standard InChI is InChI=1S/BH3O2.Fe.Nd/c2-1-3;;/h1-3H;;. The van der Waals surface area contributed by atoms with E-state index >= 15 is 0 Å². The van der Waals surface area contributed by atoms with E-state index in [1.54, 1.807) is 0 Å². The fourth-order valence-electron chi connectivity index (χ4n) is 0. The van der Waals surface area contributed by atoms with Gasteiger partial charge in [0.05, 0.1) is 0 Å². The van der Waals surface area contributed by atoms with Gasteiger partial charge in [0.15, 0.2) is 0 Å². The van der Waals surface area contributed by atoms with E-state index < -0.39 is 7.69 Å². The molecule has 0 aromatic heterocycles. The van der Waals surface area contributed by atoms with Gasteiger partial charge < -0.3 is 10.0 Å². The largest absolute Gasteiger partial charge is 0.432 e. The van der Waals surface area contributed by atoms with Crippen molar-refractivity contribution in [2.24, 2.45) is 0 Å². The van der Waals surface area contributed by atoms with Gasteiger partial charge in [-0.2, -0.15) is 0 Å². The van der Waals surface area contributed by atoms with Crippen molar-refractivity contribution in [3.8, 4) is 0 Å². The van der Waals surface area contributed by atoms with Crippen molar-refractivity contribution >= 4 is 7.69 Å². The minimum Gasteiger partial charge on any atom is -0.430 e. The quantitative estimate of drug-likeness (QED) is 0.497. The number of hydrogen-bond acceptors (Lipinski definition) is 2. The molecule has 5 heavy (non-hydrogen) atoms. The molecule has 5 heteroatoms. The first kappa shape index (κ1) is 15.8. The summed E-state index contributed by atoms with van der Waals surface area (Å²) in [5.41, 5.74) is 0. The molecule has 0 unspecified atom stereocenters. The van der Waals surface area contributed by atoms with Crippen LogP contribution in [0.4, 0.5) is 0 Å². The molecule has 30 valence electrons.